The zero-order valence-corrected chi connectivity index (χ0v) is 14.2. The third-order valence-electron chi connectivity index (χ3n) is 3.80. The first-order chi connectivity index (χ1) is 9.69. The maximum Gasteiger partial charge on any atom is 0.139 e. The van der Waals surface area contributed by atoms with Crippen LogP contribution in [0.4, 0.5) is 11.5 Å². The molecular formula is C16H20ClN3S. The molecule has 0 bridgehead atoms. The second kappa shape index (κ2) is 6.67. The Hall–Kier alpha value is -1.26. The van der Waals surface area contributed by atoms with Gasteiger partial charge < -0.3 is 4.90 Å². The van der Waals surface area contributed by atoms with E-state index in [0.29, 0.717) is 0 Å². The third-order valence-corrected chi connectivity index (χ3v) is 4.54. The van der Waals surface area contributed by atoms with Gasteiger partial charge >= 0.3 is 0 Å². The maximum absolute atomic E-state index is 4.67. The highest BCUT2D eigenvalue weighted by atomic mass is 35.5. The molecule has 0 atom stereocenters. The van der Waals surface area contributed by atoms with Crippen LogP contribution in [0.1, 0.15) is 23.5 Å². The van der Waals surface area contributed by atoms with Crippen LogP contribution in [0, 0.1) is 6.92 Å². The summed E-state index contributed by atoms with van der Waals surface area (Å²) in [7, 11) is 2.09. The Morgan fingerprint density at radius 1 is 1.10 bits per heavy atom. The molecule has 0 radical (unpaired) electrons. The molecule has 0 fully saturated rings. The van der Waals surface area contributed by atoms with Crippen LogP contribution in [-0.4, -0.2) is 23.3 Å². The lowest BCUT2D eigenvalue weighted by Gasteiger charge is -2.21. The Balaban J connectivity index is 0.00000161. The monoisotopic (exact) mass is 321 g/mol. The van der Waals surface area contributed by atoms with Crippen LogP contribution in [0.3, 0.4) is 0 Å². The lowest BCUT2D eigenvalue weighted by atomic mass is 10.2. The predicted octanol–water partition coefficient (Wildman–Crippen LogP) is 4.19. The highest BCUT2D eigenvalue weighted by molar-refractivity contribution is 7.98. The molecule has 112 valence electrons. The number of nitrogens with zero attached hydrogens (tertiary/aromatic N) is 3. The minimum absolute atomic E-state index is 0. The number of anilines is 2. The molecule has 21 heavy (non-hydrogen) atoms. The fourth-order valence-corrected chi connectivity index (χ4v) is 3.15. The van der Waals surface area contributed by atoms with Crippen molar-refractivity contribution in [1.82, 2.24) is 9.97 Å². The summed E-state index contributed by atoms with van der Waals surface area (Å²) in [5.74, 6) is 1.94. The van der Waals surface area contributed by atoms with Gasteiger partial charge in [-0.05, 0) is 56.7 Å². The zero-order chi connectivity index (χ0) is 14.1. The molecule has 1 aromatic heterocycles. The summed E-state index contributed by atoms with van der Waals surface area (Å²) in [6.45, 7) is 1.98. The van der Waals surface area contributed by atoms with Crippen LogP contribution in [0.25, 0.3) is 0 Å². The molecule has 1 aliphatic rings. The molecule has 2 aromatic rings. The van der Waals surface area contributed by atoms with Crippen molar-refractivity contribution in [2.45, 2.75) is 31.1 Å². The van der Waals surface area contributed by atoms with Crippen molar-refractivity contribution in [3.05, 3.63) is 41.3 Å². The second-order valence-corrected chi connectivity index (χ2v) is 6.01. The number of hydrogen-bond donors (Lipinski definition) is 0. The topological polar surface area (TPSA) is 29.0 Å². The Morgan fingerprint density at radius 3 is 2.48 bits per heavy atom. The summed E-state index contributed by atoms with van der Waals surface area (Å²) in [5, 5.41) is 0. The van der Waals surface area contributed by atoms with Crippen LogP contribution in [0.2, 0.25) is 0 Å². The second-order valence-electron chi connectivity index (χ2n) is 5.13. The van der Waals surface area contributed by atoms with Gasteiger partial charge in [0.2, 0.25) is 0 Å². The molecule has 0 saturated heterocycles. The van der Waals surface area contributed by atoms with Gasteiger partial charge in [0.1, 0.15) is 11.6 Å². The van der Waals surface area contributed by atoms with Gasteiger partial charge in [0.25, 0.3) is 0 Å². The van der Waals surface area contributed by atoms with Gasteiger partial charge in [-0.15, -0.1) is 24.2 Å². The van der Waals surface area contributed by atoms with E-state index in [1.54, 1.807) is 11.8 Å². The molecule has 0 N–H and O–H groups in total. The molecule has 0 spiro atoms. The van der Waals surface area contributed by atoms with Gasteiger partial charge in [-0.25, -0.2) is 9.97 Å². The van der Waals surface area contributed by atoms with E-state index in [-0.39, 0.29) is 12.4 Å². The van der Waals surface area contributed by atoms with E-state index in [2.05, 4.69) is 52.4 Å². The van der Waals surface area contributed by atoms with Crippen molar-refractivity contribution in [2.75, 3.05) is 18.2 Å². The number of hydrogen-bond acceptors (Lipinski definition) is 4. The smallest absolute Gasteiger partial charge is 0.139 e. The van der Waals surface area contributed by atoms with Crippen molar-refractivity contribution < 1.29 is 0 Å². The lowest BCUT2D eigenvalue weighted by Crippen LogP contribution is -2.15. The van der Waals surface area contributed by atoms with Gasteiger partial charge in [-0.3, -0.25) is 0 Å². The summed E-state index contributed by atoms with van der Waals surface area (Å²) in [6, 6.07) is 8.63. The Kier molecular flexibility index (Phi) is 5.12. The number of benzene rings is 1. The number of halogens is 1. The molecule has 1 aromatic carbocycles. The molecule has 3 rings (SSSR count). The van der Waals surface area contributed by atoms with Gasteiger partial charge in [0.15, 0.2) is 0 Å². The lowest BCUT2D eigenvalue weighted by molar-refractivity contribution is 0.895. The summed E-state index contributed by atoms with van der Waals surface area (Å²) < 4.78 is 0. The van der Waals surface area contributed by atoms with Gasteiger partial charge in [-0.1, -0.05) is 0 Å². The number of aromatic nitrogens is 2. The van der Waals surface area contributed by atoms with E-state index in [0.717, 1.165) is 24.5 Å². The number of rotatable bonds is 3. The van der Waals surface area contributed by atoms with Crippen molar-refractivity contribution in [3.63, 3.8) is 0 Å². The molecule has 0 amide bonds. The van der Waals surface area contributed by atoms with Crippen LogP contribution < -0.4 is 4.90 Å². The SMILES string of the molecule is CSc1ccc(N(C)c2nc(C)nc3c2CCC3)cc1.Cl. The normalized spacial score (nSPS) is 12.7. The first-order valence-corrected chi connectivity index (χ1v) is 8.15. The van der Waals surface area contributed by atoms with E-state index >= 15 is 0 Å². The van der Waals surface area contributed by atoms with Gasteiger partial charge in [0.05, 0.1) is 0 Å². The highest BCUT2D eigenvalue weighted by Gasteiger charge is 2.21. The quantitative estimate of drug-likeness (QED) is 0.793. The summed E-state index contributed by atoms with van der Waals surface area (Å²) in [6.07, 6.45) is 5.47. The molecule has 0 aliphatic heterocycles. The highest BCUT2D eigenvalue weighted by Crippen LogP contribution is 2.32. The van der Waals surface area contributed by atoms with Crippen molar-refractivity contribution in [2.24, 2.45) is 0 Å². The van der Waals surface area contributed by atoms with Gasteiger partial charge in [0, 0.05) is 28.9 Å². The molecule has 1 aliphatic carbocycles. The average Bonchev–Trinajstić information content (AvgIpc) is 2.94. The predicted molar refractivity (Wildman–Crippen MR) is 92.3 cm³/mol. The summed E-state index contributed by atoms with van der Waals surface area (Å²) in [5.41, 5.74) is 3.74. The fourth-order valence-electron chi connectivity index (χ4n) is 2.74. The van der Waals surface area contributed by atoms with Crippen molar-refractivity contribution in [1.29, 1.82) is 0 Å². The van der Waals surface area contributed by atoms with Crippen LogP contribution >= 0.6 is 24.2 Å². The van der Waals surface area contributed by atoms with Crippen LogP contribution in [-0.2, 0) is 12.8 Å². The average molecular weight is 322 g/mol. The largest absolute Gasteiger partial charge is 0.329 e. The maximum atomic E-state index is 4.67. The first kappa shape index (κ1) is 16.1. The molecule has 3 nitrogen and oxygen atoms in total. The molecular weight excluding hydrogens is 302 g/mol. The van der Waals surface area contributed by atoms with Crippen molar-refractivity contribution in [3.8, 4) is 0 Å². The van der Waals surface area contributed by atoms with E-state index in [1.807, 2.05) is 6.92 Å². The molecule has 0 unspecified atom stereocenters. The Bertz CT molecular complexity index is 628. The fraction of sp³-hybridized carbons (Fsp3) is 0.375. The summed E-state index contributed by atoms with van der Waals surface area (Å²) >= 11 is 1.76. The van der Waals surface area contributed by atoms with E-state index in [4.69, 9.17) is 0 Å². The minimum atomic E-state index is 0. The van der Waals surface area contributed by atoms with E-state index < -0.39 is 0 Å². The molecule has 5 heteroatoms. The minimum Gasteiger partial charge on any atom is -0.329 e. The number of aryl methyl sites for hydroxylation is 2. The standard InChI is InChI=1S/C16H19N3S.ClH/c1-11-17-15-6-4-5-14(15)16(18-11)19(2)12-7-9-13(20-3)10-8-12;/h7-10H,4-6H2,1-3H3;1H. The van der Waals surface area contributed by atoms with E-state index in [9.17, 15) is 0 Å². The number of fused-ring (bicyclic) bond motifs is 1. The van der Waals surface area contributed by atoms with Crippen LogP contribution in [0.5, 0.6) is 0 Å². The van der Waals surface area contributed by atoms with Gasteiger partial charge in [-0.2, -0.15) is 0 Å². The van der Waals surface area contributed by atoms with E-state index in [1.165, 1.54) is 28.3 Å². The summed E-state index contributed by atoms with van der Waals surface area (Å²) in [4.78, 5) is 12.7. The Morgan fingerprint density at radius 2 is 1.81 bits per heavy atom. The number of thioether (sulfide) groups is 1. The molecule has 0 saturated carbocycles. The molecule has 1 heterocycles. The first-order valence-electron chi connectivity index (χ1n) is 6.93. The van der Waals surface area contributed by atoms with Crippen LogP contribution in [0.15, 0.2) is 29.2 Å². The zero-order valence-electron chi connectivity index (χ0n) is 12.6. The van der Waals surface area contributed by atoms with Crippen molar-refractivity contribution >= 4 is 35.7 Å². The Labute approximate surface area is 136 Å². The third kappa shape index (κ3) is 3.16.